The highest BCUT2D eigenvalue weighted by Crippen LogP contribution is 2.10. The summed E-state index contributed by atoms with van der Waals surface area (Å²) >= 11 is 0. The minimum Gasteiger partial charge on any atom is -0.356 e. The molecule has 0 amide bonds. The molecule has 0 spiro atoms. The predicted molar refractivity (Wildman–Crippen MR) is 107 cm³/mol. The normalized spacial score (nSPS) is 17.2. The molecule has 1 aromatic rings. The first kappa shape index (κ1) is 20.2. The average molecular weight is 431 g/mol. The number of nitrogens with one attached hydrogen (secondary N) is 2. The first-order chi connectivity index (χ1) is 10.8. The average Bonchev–Trinajstić information content (AvgIpc) is 2.57. The molecule has 1 atom stereocenters. The van der Waals surface area contributed by atoms with Crippen molar-refractivity contribution in [3.8, 4) is 0 Å². The molecular weight excluding hydrogens is 401 g/mol. The smallest absolute Gasteiger partial charge is 0.191 e. The highest BCUT2D eigenvalue weighted by molar-refractivity contribution is 14.0. The second kappa shape index (κ2) is 11.6. The number of rotatable bonds is 6. The van der Waals surface area contributed by atoms with E-state index in [0.29, 0.717) is 12.5 Å². The van der Waals surface area contributed by atoms with E-state index in [4.69, 9.17) is 0 Å². The summed E-state index contributed by atoms with van der Waals surface area (Å²) in [6, 6.07) is 5.94. The van der Waals surface area contributed by atoms with E-state index >= 15 is 0 Å². The van der Waals surface area contributed by atoms with Gasteiger partial charge in [0, 0.05) is 26.3 Å². The number of piperidine rings is 1. The Labute approximate surface area is 157 Å². The molecule has 1 aliphatic heterocycles. The Balaban J connectivity index is 0.00000264. The molecule has 2 heterocycles. The molecule has 1 fully saturated rings. The molecule has 5 nitrogen and oxygen atoms in total. The predicted octanol–water partition coefficient (Wildman–Crippen LogP) is 2.49. The van der Waals surface area contributed by atoms with Crippen molar-refractivity contribution in [1.29, 1.82) is 0 Å². The minimum absolute atomic E-state index is 0. The van der Waals surface area contributed by atoms with Gasteiger partial charge in [0.2, 0.25) is 0 Å². The van der Waals surface area contributed by atoms with Gasteiger partial charge < -0.3 is 15.5 Å². The molecule has 0 aromatic carbocycles. The number of hydrogen-bond acceptors (Lipinski definition) is 3. The molecule has 2 N–H and O–H groups in total. The quantitative estimate of drug-likeness (QED) is 0.413. The Kier molecular flexibility index (Phi) is 10.2. The van der Waals surface area contributed by atoms with Crippen molar-refractivity contribution in [2.45, 2.75) is 32.7 Å². The third kappa shape index (κ3) is 7.97. The van der Waals surface area contributed by atoms with Gasteiger partial charge in [-0.15, -0.1) is 24.0 Å². The molecule has 23 heavy (non-hydrogen) atoms. The Bertz CT molecular complexity index is 446. The molecule has 1 saturated heterocycles. The molecule has 1 aromatic heterocycles. The van der Waals surface area contributed by atoms with Crippen molar-refractivity contribution in [3.63, 3.8) is 0 Å². The fraction of sp³-hybridized carbons (Fsp3) is 0.647. The number of likely N-dealkylation sites (tertiary alicyclic amines) is 1. The first-order valence-corrected chi connectivity index (χ1v) is 8.34. The third-order valence-electron chi connectivity index (χ3n) is 4.02. The van der Waals surface area contributed by atoms with Crippen molar-refractivity contribution in [2.75, 3.05) is 33.2 Å². The van der Waals surface area contributed by atoms with Crippen molar-refractivity contribution in [1.82, 2.24) is 20.5 Å². The Hall–Kier alpha value is -0.890. The van der Waals surface area contributed by atoms with Crippen LogP contribution in [0, 0.1) is 5.92 Å². The van der Waals surface area contributed by atoms with E-state index in [0.717, 1.165) is 18.2 Å². The van der Waals surface area contributed by atoms with E-state index in [1.807, 2.05) is 31.4 Å². The Morgan fingerprint density at radius 1 is 1.26 bits per heavy atom. The summed E-state index contributed by atoms with van der Waals surface area (Å²) in [5, 5.41) is 6.72. The maximum atomic E-state index is 4.31. The van der Waals surface area contributed by atoms with Crippen LogP contribution >= 0.6 is 24.0 Å². The van der Waals surface area contributed by atoms with Crippen LogP contribution in [0.5, 0.6) is 0 Å². The number of nitrogens with zero attached hydrogens (tertiary/aromatic N) is 3. The lowest BCUT2D eigenvalue weighted by molar-refractivity contribution is 0.201. The van der Waals surface area contributed by atoms with E-state index in [9.17, 15) is 0 Å². The summed E-state index contributed by atoms with van der Waals surface area (Å²) in [6.45, 7) is 7.63. The maximum Gasteiger partial charge on any atom is 0.191 e. The van der Waals surface area contributed by atoms with E-state index < -0.39 is 0 Å². The highest BCUT2D eigenvalue weighted by Gasteiger charge is 2.13. The van der Waals surface area contributed by atoms with Crippen LogP contribution in [-0.2, 0) is 6.54 Å². The van der Waals surface area contributed by atoms with Gasteiger partial charge >= 0.3 is 0 Å². The van der Waals surface area contributed by atoms with Crippen molar-refractivity contribution in [2.24, 2.45) is 10.9 Å². The lowest BCUT2D eigenvalue weighted by Gasteiger charge is -2.29. The SMILES string of the molecule is CN=C(NCc1ccccn1)NCC(C)CN1CCCCC1.I. The van der Waals surface area contributed by atoms with Crippen LogP contribution in [0.15, 0.2) is 29.4 Å². The van der Waals surface area contributed by atoms with Crippen LogP contribution in [0.25, 0.3) is 0 Å². The van der Waals surface area contributed by atoms with Gasteiger partial charge in [-0.05, 0) is 44.0 Å². The number of pyridine rings is 1. The summed E-state index contributed by atoms with van der Waals surface area (Å²) in [6.07, 6.45) is 5.92. The van der Waals surface area contributed by atoms with Crippen molar-refractivity contribution >= 4 is 29.9 Å². The zero-order valence-electron chi connectivity index (χ0n) is 14.3. The van der Waals surface area contributed by atoms with Gasteiger partial charge in [0.25, 0.3) is 0 Å². The van der Waals surface area contributed by atoms with Gasteiger partial charge in [-0.3, -0.25) is 9.98 Å². The van der Waals surface area contributed by atoms with Gasteiger partial charge in [0.1, 0.15) is 0 Å². The van der Waals surface area contributed by atoms with Crippen LogP contribution in [0.4, 0.5) is 0 Å². The zero-order valence-corrected chi connectivity index (χ0v) is 16.6. The molecule has 0 radical (unpaired) electrons. The van der Waals surface area contributed by atoms with Crippen LogP contribution in [0.2, 0.25) is 0 Å². The molecule has 0 aliphatic carbocycles. The van der Waals surface area contributed by atoms with Crippen LogP contribution in [0.3, 0.4) is 0 Å². The zero-order chi connectivity index (χ0) is 15.6. The Morgan fingerprint density at radius 2 is 2.04 bits per heavy atom. The van der Waals surface area contributed by atoms with Crippen LogP contribution < -0.4 is 10.6 Å². The van der Waals surface area contributed by atoms with E-state index in [1.165, 1.54) is 38.9 Å². The molecule has 6 heteroatoms. The molecule has 0 saturated carbocycles. The fourth-order valence-corrected chi connectivity index (χ4v) is 2.82. The van der Waals surface area contributed by atoms with Crippen molar-refractivity contribution in [3.05, 3.63) is 30.1 Å². The highest BCUT2D eigenvalue weighted by atomic mass is 127. The molecular formula is C17H30IN5. The van der Waals surface area contributed by atoms with E-state index in [1.54, 1.807) is 0 Å². The first-order valence-electron chi connectivity index (χ1n) is 8.34. The Morgan fingerprint density at radius 3 is 2.70 bits per heavy atom. The monoisotopic (exact) mass is 431 g/mol. The minimum atomic E-state index is 0. The van der Waals surface area contributed by atoms with Crippen molar-refractivity contribution < 1.29 is 0 Å². The number of guanidine groups is 1. The molecule has 130 valence electrons. The third-order valence-corrected chi connectivity index (χ3v) is 4.02. The van der Waals surface area contributed by atoms with Gasteiger partial charge in [-0.1, -0.05) is 19.4 Å². The maximum absolute atomic E-state index is 4.31. The van der Waals surface area contributed by atoms with Gasteiger partial charge in [0.05, 0.1) is 12.2 Å². The summed E-state index contributed by atoms with van der Waals surface area (Å²) in [7, 11) is 1.81. The molecule has 1 aliphatic rings. The second-order valence-electron chi connectivity index (χ2n) is 6.09. The molecule has 2 rings (SSSR count). The lowest BCUT2D eigenvalue weighted by Crippen LogP contribution is -2.42. The lowest BCUT2D eigenvalue weighted by atomic mass is 10.1. The molecule has 0 bridgehead atoms. The summed E-state index contributed by atoms with van der Waals surface area (Å²) in [5.74, 6) is 1.46. The van der Waals surface area contributed by atoms with Gasteiger partial charge in [0.15, 0.2) is 5.96 Å². The van der Waals surface area contributed by atoms with Gasteiger partial charge in [-0.25, -0.2) is 0 Å². The second-order valence-corrected chi connectivity index (χ2v) is 6.09. The van der Waals surface area contributed by atoms with Crippen LogP contribution in [0.1, 0.15) is 31.9 Å². The van der Waals surface area contributed by atoms with Crippen LogP contribution in [-0.4, -0.2) is 49.1 Å². The summed E-state index contributed by atoms with van der Waals surface area (Å²) in [4.78, 5) is 11.2. The number of aromatic nitrogens is 1. The largest absolute Gasteiger partial charge is 0.356 e. The standard InChI is InChI=1S/C17H29N5.HI/c1-15(14-22-10-6-3-7-11-22)12-20-17(18-2)21-13-16-8-4-5-9-19-16;/h4-5,8-9,15H,3,6-7,10-14H2,1-2H3,(H2,18,20,21);1H. The molecule has 1 unspecified atom stereocenters. The summed E-state index contributed by atoms with van der Waals surface area (Å²) in [5.41, 5.74) is 1.02. The number of aliphatic imine (C=N–C) groups is 1. The topological polar surface area (TPSA) is 52.6 Å². The van der Waals surface area contributed by atoms with E-state index in [-0.39, 0.29) is 24.0 Å². The summed E-state index contributed by atoms with van der Waals surface area (Å²) < 4.78 is 0. The number of halogens is 1. The van der Waals surface area contributed by atoms with E-state index in [2.05, 4.69) is 32.4 Å². The fourth-order valence-electron chi connectivity index (χ4n) is 2.82. The number of hydrogen-bond donors (Lipinski definition) is 2. The van der Waals surface area contributed by atoms with Gasteiger partial charge in [-0.2, -0.15) is 0 Å².